The molecule has 0 heterocycles. The lowest BCUT2D eigenvalue weighted by Gasteiger charge is -2.01. The van der Waals surface area contributed by atoms with Gasteiger partial charge in [-0.1, -0.05) is 0 Å². The molecular formula is C11H14O8S. The van der Waals surface area contributed by atoms with Crippen LogP contribution in [0.4, 0.5) is 0 Å². The molecule has 0 amide bonds. The van der Waals surface area contributed by atoms with Gasteiger partial charge in [0.25, 0.3) is 10.1 Å². The van der Waals surface area contributed by atoms with Gasteiger partial charge in [0.1, 0.15) is 11.3 Å². The maximum Gasteiger partial charge on any atom is 0.339 e. The number of rotatable bonds is 3. The van der Waals surface area contributed by atoms with Gasteiger partial charge >= 0.3 is 11.9 Å². The third-order valence-corrected chi connectivity index (χ3v) is 2.69. The molecule has 3 N–H and O–H groups in total. The standard InChI is InChI=1S/C7H6O6S.C4H8O2/c8-6-2-1-4(14(11,12)13)3-5(6)7(9)10;1-3-6-4(2)5/h1-3,8H,(H,9,10)(H,11,12,13);3H2,1-2H3. The minimum atomic E-state index is -4.45. The molecule has 0 bridgehead atoms. The normalized spacial score (nSPS) is 10.2. The van der Waals surface area contributed by atoms with E-state index in [1.165, 1.54) is 6.92 Å². The van der Waals surface area contributed by atoms with Crippen molar-refractivity contribution in [3.8, 4) is 5.75 Å². The van der Waals surface area contributed by atoms with Gasteiger partial charge in [-0.2, -0.15) is 8.42 Å². The van der Waals surface area contributed by atoms with Gasteiger partial charge < -0.3 is 14.9 Å². The number of carbonyl (C=O) groups is 2. The SMILES string of the molecule is CCOC(C)=O.O=C(O)c1cc(S(=O)(=O)O)ccc1O. The van der Waals surface area contributed by atoms with E-state index in [4.69, 9.17) is 14.8 Å². The third-order valence-electron chi connectivity index (χ3n) is 1.84. The van der Waals surface area contributed by atoms with Crippen LogP contribution in [0.1, 0.15) is 24.2 Å². The highest BCUT2D eigenvalue weighted by Gasteiger charge is 2.16. The summed E-state index contributed by atoms with van der Waals surface area (Å²) >= 11 is 0. The summed E-state index contributed by atoms with van der Waals surface area (Å²) in [6, 6.07) is 2.46. The maximum atomic E-state index is 10.6. The van der Waals surface area contributed by atoms with E-state index in [1.54, 1.807) is 6.92 Å². The van der Waals surface area contributed by atoms with E-state index in [1.807, 2.05) is 0 Å². The van der Waals surface area contributed by atoms with Gasteiger partial charge in [0.05, 0.1) is 11.5 Å². The molecule has 0 aromatic heterocycles. The molecule has 1 rings (SSSR count). The van der Waals surface area contributed by atoms with Crippen LogP contribution in [0.15, 0.2) is 23.1 Å². The molecule has 0 spiro atoms. The summed E-state index contributed by atoms with van der Waals surface area (Å²) in [5.41, 5.74) is -0.583. The number of benzene rings is 1. The summed E-state index contributed by atoms with van der Waals surface area (Å²) in [4.78, 5) is 19.7. The van der Waals surface area contributed by atoms with Crippen LogP contribution in [0.25, 0.3) is 0 Å². The zero-order valence-electron chi connectivity index (χ0n) is 10.7. The van der Waals surface area contributed by atoms with Crippen molar-refractivity contribution < 1.29 is 37.5 Å². The summed E-state index contributed by atoms with van der Waals surface area (Å²) < 4.78 is 34.2. The maximum absolute atomic E-state index is 10.6. The first-order chi connectivity index (χ1) is 9.09. The first-order valence-electron chi connectivity index (χ1n) is 5.26. The fourth-order valence-corrected chi connectivity index (χ4v) is 1.56. The number of hydrogen-bond donors (Lipinski definition) is 3. The monoisotopic (exact) mass is 306 g/mol. The Morgan fingerprint density at radius 3 is 2.15 bits per heavy atom. The number of phenols is 1. The molecule has 9 heteroatoms. The van der Waals surface area contributed by atoms with Gasteiger partial charge in [-0.3, -0.25) is 9.35 Å². The number of carbonyl (C=O) groups excluding carboxylic acids is 1. The van der Waals surface area contributed by atoms with E-state index in [-0.39, 0.29) is 5.97 Å². The topological polar surface area (TPSA) is 138 Å². The summed E-state index contributed by atoms with van der Waals surface area (Å²) in [6.07, 6.45) is 0. The van der Waals surface area contributed by atoms with Gasteiger partial charge in [-0.15, -0.1) is 0 Å². The van der Waals surface area contributed by atoms with Gasteiger partial charge in [0.2, 0.25) is 0 Å². The van der Waals surface area contributed by atoms with E-state index in [9.17, 15) is 18.0 Å². The Morgan fingerprint density at radius 1 is 1.30 bits per heavy atom. The van der Waals surface area contributed by atoms with Crippen LogP contribution in [0.5, 0.6) is 5.75 Å². The second kappa shape index (κ2) is 7.46. The van der Waals surface area contributed by atoms with Crippen LogP contribution >= 0.6 is 0 Å². The van der Waals surface area contributed by atoms with Crippen LogP contribution in [0, 0.1) is 0 Å². The molecule has 0 saturated heterocycles. The second-order valence-corrected chi connectivity index (χ2v) is 4.81. The minimum Gasteiger partial charge on any atom is -0.507 e. The predicted molar refractivity (Wildman–Crippen MR) is 67.2 cm³/mol. The summed E-state index contributed by atoms with van der Waals surface area (Å²) in [6.45, 7) is 3.65. The van der Waals surface area contributed by atoms with Crippen molar-refractivity contribution in [1.82, 2.24) is 0 Å². The first-order valence-corrected chi connectivity index (χ1v) is 6.70. The number of ether oxygens (including phenoxy) is 1. The lowest BCUT2D eigenvalue weighted by molar-refractivity contribution is -0.140. The molecule has 0 atom stereocenters. The van der Waals surface area contributed by atoms with Crippen molar-refractivity contribution >= 4 is 22.1 Å². The molecule has 112 valence electrons. The summed E-state index contributed by atoms with van der Waals surface area (Å²) in [5.74, 6) is -2.25. The van der Waals surface area contributed by atoms with Crippen molar-refractivity contribution in [2.75, 3.05) is 6.61 Å². The van der Waals surface area contributed by atoms with Crippen LogP contribution < -0.4 is 0 Å². The van der Waals surface area contributed by atoms with Crippen molar-refractivity contribution in [1.29, 1.82) is 0 Å². The fraction of sp³-hybridized carbons (Fsp3) is 0.273. The average molecular weight is 306 g/mol. The van der Waals surface area contributed by atoms with Gasteiger partial charge in [-0.05, 0) is 25.1 Å². The zero-order valence-corrected chi connectivity index (χ0v) is 11.5. The predicted octanol–water partition coefficient (Wildman–Crippen LogP) is 0.907. The summed E-state index contributed by atoms with van der Waals surface area (Å²) in [7, 11) is -4.45. The highest BCUT2D eigenvalue weighted by Crippen LogP contribution is 2.20. The van der Waals surface area contributed by atoms with Gasteiger partial charge in [0.15, 0.2) is 0 Å². The van der Waals surface area contributed by atoms with E-state index in [0.29, 0.717) is 12.7 Å². The van der Waals surface area contributed by atoms with E-state index in [2.05, 4.69) is 4.74 Å². The Bertz CT molecular complexity index is 590. The van der Waals surface area contributed by atoms with E-state index < -0.39 is 32.3 Å². The first kappa shape index (κ1) is 17.9. The number of hydrogen-bond acceptors (Lipinski definition) is 6. The lowest BCUT2D eigenvalue weighted by atomic mass is 10.2. The Hall–Kier alpha value is -2.13. The lowest BCUT2D eigenvalue weighted by Crippen LogP contribution is -2.02. The Balaban J connectivity index is 0.000000511. The molecular weight excluding hydrogens is 292 g/mol. The van der Waals surface area contributed by atoms with Crippen molar-refractivity contribution in [3.05, 3.63) is 23.8 Å². The number of esters is 1. The largest absolute Gasteiger partial charge is 0.507 e. The number of aromatic hydroxyl groups is 1. The van der Waals surface area contributed by atoms with Crippen molar-refractivity contribution in [2.24, 2.45) is 0 Å². The molecule has 0 fully saturated rings. The molecule has 20 heavy (non-hydrogen) atoms. The van der Waals surface area contributed by atoms with Crippen molar-refractivity contribution in [3.63, 3.8) is 0 Å². The second-order valence-electron chi connectivity index (χ2n) is 3.38. The smallest absolute Gasteiger partial charge is 0.339 e. The van der Waals surface area contributed by atoms with E-state index in [0.717, 1.165) is 12.1 Å². The third kappa shape index (κ3) is 6.16. The molecule has 0 aliphatic carbocycles. The Kier molecular flexibility index (Phi) is 6.66. The number of carboxylic acid groups (broad SMARTS) is 1. The number of carboxylic acids is 1. The molecule has 8 nitrogen and oxygen atoms in total. The highest BCUT2D eigenvalue weighted by molar-refractivity contribution is 7.85. The molecule has 0 aliphatic heterocycles. The highest BCUT2D eigenvalue weighted by atomic mass is 32.2. The molecule has 0 radical (unpaired) electrons. The van der Waals surface area contributed by atoms with Crippen LogP contribution in [0.2, 0.25) is 0 Å². The molecule has 1 aromatic carbocycles. The molecule has 1 aromatic rings. The minimum absolute atomic E-state index is 0.211. The zero-order chi connectivity index (χ0) is 15.9. The number of aromatic carboxylic acids is 1. The Labute approximate surface area is 115 Å². The van der Waals surface area contributed by atoms with Crippen LogP contribution in [-0.2, 0) is 19.6 Å². The van der Waals surface area contributed by atoms with Gasteiger partial charge in [0, 0.05) is 6.92 Å². The molecule has 0 aliphatic rings. The summed E-state index contributed by atoms with van der Waals surface area (Å²) in [5, 5.41) is 17.5. The Morgan fingerprint density at radius 2 is 1.85 bits per heavy atom. The van der Waals surface area contributed by atoms with E-state index >= 15 is 0 Å². The quantitative estimate of drug-likeness (QED) is 0.553. The van der Waals surface area contributed by atoms with Crippen molar-refractivity contribution in [2.45, 2.75) is 18.7 Å². The molecule has 0 saturated carbocycles. The fourth-order valence-electron chi connectivity index (χ4n) is 1.05. The molecule has 0 unspecified atom stereocenters. The van der Waals surface area contributed by atoms with Crippen LogP contribution in [-0.4, -0.2) is 41.7 Å². The average Bonchev–Trinajstić information content (AvgIpc) is 2.28. The van der Waals surface area contributed by atoms with Crippen LogP contribution in [0.3, 0.4) is 0 Å². The van der Waals surface area contributed by atoms with Gasteiger partial charge in [-0.25, -0.2) is 4.79 Å².